The average molecular weight is 267 g/mol. The molecule has 1 unspecified atom stereocenters. The fourth-order valence-electron chi connectivity index (χ4n) is 1.27. The number of terminal acetylenes is 1. The Labute approximate surface area is 99.6 Å². The van der Waals surface area contributed by atoms with E-state index in [1.54, 1.807) is 6.20 Å². The Kier molecular flexibility index (Phi) is 4.64. The molecule has 0 amide bonds. The van der Waals surface area contributed by atoms with Gasteiger partial charge in [-0.1, -0.05) is 6.92 Å². The second kappa shape index (κ2) is 5.77. The van der Waals surface area contributed by atoms with E-state index in [0.717, 1.165) is 23.1 Å². The molecule has 1 atom stereocenters. The summed E-state index contributed by atoms with van der Waals surface area (Å²) in [5.41, 5.74) is 1.17. The van der Waals surface area contributed by atoms with Gasteiger partial charge in [0.05, 0.1) is 4.47 Å². The number of nitrogens with one attached hydrogen (secondary N) is 1. The fraction of sp³-hybridized carbons (Fsp3) is 0.417. The first kappa shape index (κ1) is 12.1. The molecular weight excluding hydrogens is 252 g/mol. The summed E-state index contributed by atoms with van der Waals surface area (Å²) in [6.45, 7) is 4.15. The van der Waals surface area contributed by atoms with Crippen LogP contribution in [0, 0.1) is 19.3 Å². The number of hydrogen-bond donors (Lipinski definition) is 1. The third-order valence-electron chi connectivity index (χ3n) is 2.28. The maximum absolute atomic E-state index is 5.30. The zero-order valence-corrected chi connectivity index (χ0v) is 10.6. The van der Waals surface area contributed by atoms with Crippen molar-refractivity contribution in [2.24, 2.45) is 0 Å². The summed E-state index contributed by atoms with van der Waals surface area (Å²) in [6, 6.07) is 2.26. The van der Waals surface area contributed by atoms with Gasteiger partial charge in [-0.15, -0.1) is 12.3 Å². The first-order valence-corrected chi connectivity index (χ1v) is 5.79. The summed E-state index contributed by atoms with van der Waals surface area (Å²) in [5, 5.41) is 3.34. The van der Waals surface area contributed by atoms with E-state index in [2.05, 4.69) is 39.1 Å². The summed E-state index contributed by atoms with van der Waals surface area (Å²) >= 11 is 3.51. The largest absolute Gasteiger partial charge is 0.365 e. The predicted molar refractivity (Wildman–Crippen MR) is 67.8 cm³/mol. The highest BCUT2D eigenvalue weighted by Gasteiger charge is 2.08. The summed E-state index contributed by atoms with van der Waals surface area (Å²) in [4.78, 5) is 4.28. The first-order chi connectivity index (χ1) is 7.19. The van der Waals surface area contributed by atoms with Gasteiger partial charge in [-0.2, -0.15) is 0 Å². The highest BCUT2D eigenvalue weighted by molar-refractivity contribution is 9.10. The van der Waals surface area contributed by atoms with E-state index in [4.69, 9.17) is 6.42 Å². The Morgan fingerprint density at radius 1 is 1.67 bits per heavy atom. The van der Waals surface area contributed by atoms with Crippen LogP contribution < -0.4 is 5.32 Å². The molecule has 0 aliphatic heterocycles. The number of halogens is 1. The van der Waals surface area contributed by atoms with Gasteiger partial charge in [0.1, 0.15) is 5.82 Å². The Morgan fingerprint density at radius 2 is 2.40 bits per heavy atom. The van der Waals surface area contributed by atoms with Gasteiger partial charge >= 0.3 is 0 Å². The molecule has 1 aromatic rings. The van der Waals surface area contributed by atoms with Crippen LogP contribution in [0.3, 0.4) is 0 Å². The summed E-state index contributed by atoms with van der Waals surface area (Å²) in [5.74, 6) is 3.54. The van der Waals surface area contributed by atoms with E-state index < -0.39 is 0 Å². The minimum atomic E-state index is 0.292. The van der Waals surface area contributed by atoms with Crippen molar-refractivity contribution in [3.05, 3.63) is 22.3 Å². The van der Waals surface area contributed by atoms with Crippen molar-refractivity contribution in [3.8, 4) is 12.3 Å². The zero-order chi connectivity index (χ0) is 11.3. The van der Waals surface area contributed by atoms with E-state index in [-0.39, 0.29) is 0 Å². The quantitative estimate of drug-likeness (QED) is 0.846. The summed E-state index contributed by atoms with van der Waals surface area (Å²) in [6.07, 6.45) is 8.81. The van der Waals surface area contributed by atoms with Crippen molar-refractivity contribution in [3.63, 3.8) is 0 Å². The lowest BCUT2D eigenvalue weighted by Crippen LogP contribution is -2.18. The second-order valence-electron chi connectivity index (χ2n) is 3.45. The lowest BCUT2D eigenvalue weighted by molar-refractivity contribution is 0.711. The smallest absolute Gasteiger partial charge is 0.140 e. The molecule has 0 aromatic carbocycles. The minimum absolute atomic E-state index is 0.292. The molecule has 80 valence electrons. The zero-order valence-electron chi connectivity index (χ0n) is 9.05. The van der Waals surface area contributed by atoms with Crippen molar-refractivity contribution in [1.82, 2.24) is 4.98 Å². The summed E-state index contributed by atoms with van der Waals surface area (Å²) < 4.78 is 1.01. The van der Waals surface area contributed by atoms with Crippen molar-refractivity contribution < 1.29 is 0 Å². The number of hydrogen-bond acceptors (Lipinski definition) is 2. The number of rotatable bonds is 4. The number of nitrogens with zero attached hydrogens (tertiary/aromatic N) is 1. The van der Waals surface area contributed by atoms with Crippen molar-refractivity contribution in [2.45, 2.75) is 32.7 Å². The monoisotopic (exact) mass is 266 g/mol. The predicted octanol–water partition coefficient (Wildman–Crippen LogP) is 3.37. The number of anilines is 1. The van der Waals surface area contributed by atoms with Crippen LogP contribution >= 0.6 is 15.9 Å². The van der Waals surface area contributed by atoms with Crippen molar-refractivity contribution >= 4 is 21.7 Å². The van der Waals surface area contributed by atoms with Crippen LogP contribution in [0.4, 0.5) is 5.82 Å². The third-order valence-corrected chi connectivity index (χ3v) is 3.28. The molecular formula is C12H15BrN2. The molecule has 0 bridgehead atoms. The topological polar surface area (TPSA) is 24.9 Å². The van der Waals surface area contributed by atoms with Crippen LogP contribution in [-0.2, 0) is 0 Å². The number of aryl methyl sites for hydroxylation is 1. The van der Waals surface area contributed by atoms with E-state index in [0.29, 0.717) is 6.04 Å². The number of aromatic nitrogens is 1. The highest BCUT2D eigenvalue weighted by Crippen LogP contribution is 2.24. The van der Waals surface area contributed by atoms with E-state index in [9.17, 15) is 0 Å². The van der Waals surface area contributed by atoms with Crippen molar-refractivity contribution in [1.29, 1.82) is 0 Å². The van der Waals surface area contributed by atoms with Crippen LogP contribution in [-0.4, -0.2) is 11.0 Å². The van der Waals surface area contributed by atoms with Gasteiger partial charge in [0.2, 0.25) is 0 Å². The third kappa shape index (κ3) is 3.24. The SMILES string of the molecule is C#CCC(CC)Nc1nccc(C)c1Br. The van der Waals surface area contributed by atoms with E-state index in [1.165, 1.54) is 5.56 Å². The van der Waals surface area contributed by atoms with Gasteiger partial charge in [0.25, 0.3) is 0 Å². The normalized spacial score (nSPS) is 11.9. The Hall–Kier alpha value is -1.01. The Morgan fingerprint density at radius 3 is 3.00 bits per heavy atom. The van der Waals surface area contributed by atoms with E-state index >= 15 is 0 Å². The molecule has 0 saturated heterocycles. The van der Waals surface area contributed by atoms with Crippen molar-refractivity contribution in [2.75, 3.05) is 5.32 Å². The molecule has 0 aliphatic rings. The van der Waals surface area contributed by atoms with Gasteiger partial charge < -0.3 is 5.32 Å². The molecule has 1 N–H and O–H groups in total. The Bertz CT molecular complexity index is 368. The van der Waals surface area contributed by atoms with Gasteiger partial charge in [-0.05, 0) is 40.9 Å². The highest BCUT2D eigenvalue weighted by atomic mass is 79.9. The summed E-state index contributed by atoms with van der Waals surface area (Å²) in [7, 11) is 0. The van der Waals surface area contributed by atoms with Crippen LogP contribution in [0.1, 0.15) is 25.3 Å². The molecule has 0 fully saturated rings. The molecule has 0 aliphatic carbocycles. The molecule has 0 spiro atoms. The molecule has 3 heteroatoms. The lowest BCUT2D eigenvalue weighted by Gasteiger charge is -2.16. The average Bonchev–Trinajstić information content (AvgIpc) is 2.24. The molecule has 1 heterocycles. The van der Waals surface area contributed by atoms with Crippen LogP contribution in [0.15, 0.2) is 16.7 Å². The van der Waals surface area contributed by atoms with Gasteiger partial charge in [0, 0.05) is 18.7 Å². The van der Waals surface area contributed by atoms with Crippen LogP contribution in [0.2, 0.25) is 0 Å². The van der Waals surface area contributed by atoms with Crippen LogP contribution in [0.5, 0.6) is 0 Å². The maximum Gasteiger partial charge on any atom is 0.140 e. The molecule has 0 radical (unpaired) electrons. The molecule has 1 rings (SSSR count). The maximum atomic E-state index is 5.30. The second-order valence-corrected chi connectivity index (χ2v) is 4.24. The lowest BCUT2D eigenvalue weighted by atomic mass is 10.1. The molecule has 2 nitrogen and oxygen atoms in total. The van der Waals surface area contributed by atoms with Crippen LogP contribution in [0.25, 0.3) is 0 Å². The Balaban J connectivity index is 2.80. The van der Waals surface area contributed by atoms with Gasteiger partial charge in [-0.3, -0.25) is 0 Å². The minimum Gasteiger partial charge on any atom is -0.365 e. The standard InChI is InChI=1S/C12H15BrN2/c1-4-6-10(5-2)15-12-11(13)9(3)7-8-14-12/h1,7-8,10H,5-6H2,2-3H3,(H,14,15). The molecule has 1 aromatic heterocycles. The molecule has 15 heavy (non-hydrogen) atoms. The van der Waals surface area contributed by atoms with Gasteiger partial charge in [-0.25, -0.2) is 4.98 Å². The number of pyridine rings is 1. The van der Waals surface area contributed by atoms with Gasteiger partial charge in [0.15, 0.2) is 0 Å². The molecule has 0 saturated carbocycles. The fourth-order valence-corrected chi connectivity index (χ4v) is 1.62. The first-order valence-electron chi connectivity index (χ1n) is 5.00. The van der Waals surface area contributed by atoms with E-state index in [1.807, 2.05) is 13.0 Å².